The number of carboxylic acid groups (broad SMARTS) is 1. The SMILES string of the molecule is CCC(CC)(C(=O)O)N1CCc2ccccc2C1. The molecule has 1 aliphatic rings. The van der Waals surface area contributed by atoms with Crippen molar-refractivity contribution in [3.63, 3.8) is 0 Å². The van der Waals surface area contributed by atoms with E-state index in [1.807, 2.05) is 19.9 Å². The number of carbonyl (C=O) groups is 1. The van der Waals surface area contributed by atoms with Crippen molar-refractivity contribution in [2.24, 2.45) is 0 Å². The fraction of sp³-hybridized carbons (Fsp3) is 0.533. The Balaban J connectivity index is 2.29. The van der Waals surface area contributed by atoms with Gasteiger partial charge in [-0.3, -0.25) is 9.69 Å². The fourth-order valence-electron chi connectivity index (χ4n) is 3.00. The Bertz CT molecular complexity index is 438. The molecule has 0 amide bonds. The predicted molar refractivity (Wildman–Crippen MR) is 71.5 cm³/mol. The lowest BCUT2D eigenvalue weighted by Crippen LogP contribution is -2.55. The highest BCUT2D eigenvalue weighted by Crippen LogP contribution is 2.30. The Morgan fingerprint density at radius 3 is 2.44 bits per heavy atom. The van der Waals surface area contributed by atoms with Crippen LogP contribution in [0.25, 0.3) is 0 Å². The van der Waals surface area contributed by atoms with Gasteiger partial charge in [0.1, 0.15) is 5.54 Å². The normalized spacial score (nSPS) is 16.3. The standard InChI is InChI=1S/C15H21NO2/c1-3-15(4-2,14(17)18)16-10-9-12-7-5-6-8-13(12)11-16/h5-8H,3-4,9-11H2,1-2H3,(H,17,18). The highest BCUT2D eigenvalue weighted by atomic mass is 16.4. The van der Waals surface area contributed by atoms with Crippen molar-refractivity contribution in [2.45, 2.75) is 45.2 Å². The summed E-state index contributed by atoms with van der Waals surface area (Å²) >= 11 is 0. The molecule has 3 nitrogen and oxygen atoms in total. The van der Waals surface area contributed by atoms with Gasteiger partial charge in [-0.2, -0.15) is 0 Å². The summed E-state index contributed by atoms with van der Waals surface area (Å²) in [6, 6.07) is 8.34. The topological polar surface area (TPSA) is 40.5 Å². The molecule has 0 spiro atoms. The van der Waals surface area contributed by atoms with Crippen LogP contribution in [-0.2, 0) is 17.8 Å². The van der Waals surface area contributed by atoms with E-state index in [2.05, 4.69) is 23.1 Å². The van der Waals surface area contributed by atoms with Gasteiger partial charge in [0.15, 0.2) is 0 Å². The molecule has 0 bridgehead atoms. The molecule has 0 unspecified atom stereocenters. The minimum absolute atomic E-state index is 0.654. The number of fused-ring (bicyclic) bond motifs is 1. The van der Waals surface area contributed by atoms with Crippen LogP contribution in [0.15, 0.2) is 24.3 Å². The number of hydrogen-bond donors (Lipinski definition) is 1. The zero-order valence-corrected chi connectivity index (χ0v) is 11.1. The van der Waals surface area contributed by atoms with Crippen LogP contribution in [0.1, 0.15) is 37.8 Å². The van der Waals surface area contributed by atoms with E-state index >= 15 is 0 Å². The molecular weight excluding hydrogens is 226 g/mol. The van der Waals surface area contributed by atoms with Crippen molar-refractivity contribution < 1.29 is 9.90 Å². The van der Waals surface area contributed by atoms with E-state index in [0.29, 0.717) is 12.8 Å². The Hall–Kier alpha value is -1.35. The van der Waals surface area contributed by atoms with Crippen LogP contribution in [-0.4, -0.2) is 28.1 Å². The molecule has 3 heteroatoms. The van der Waals surface area contributed by atoms with Crippen LogP contribution in [0, 0.1) is 0 Å². The summed E-state index contributed by atoms with van der Waals surface area (Å²) in [5, 5.41) is 9.58. The molecule has 0 saturated carbocycles. The third kappa shape index (κ3) is 2.03. The molecule has 1 aliphatic heterocycles. The van der Waals surface area contributed by atoms with Crippen LogP contribution in [0.2, 0.25) is 0 Å². The highest BCUT2D eigenvalue weighted by Gasteiger charge is 2.41. The Labute approximate surface area is 108 Å². The molecule has 1 aromatic rings. The zero-order valence-electron chi connectivity index (χ0n) is 11.1. The molecule has 0 radical (unpaired) electrons. The summed E-state index contributed by atoms with van der Waals surface area (Å²) < 4.78 is 0. The first-order valence-corrected chi connectivity index (χ1v) is 6.69. The number of aliphatic carboxylic acids is 1. The minimum atomic E-state index is -0.701. The van der Waals surface area contributed by atoms with Gasteiger partial charge in [-0.15, -0.1) is 0 Å². The van der Waals surface area contributed by atoms with E-state index in [9.17, 15) is 9.90 Å². The van der Waals surface area contributed by atoms with E-state index in [1.165, 1.54) is 11.1 Å². The third-order valence-electron chi connectivity index (χ3n) is 4.30. The van der Waals surface area contributed by atoms with Gasteiger partial charge in [0.25, 0.3) is 0 Å². The van der Waals surface area contributed by atoms with E-state index in [4.69, 9.17) is 0 Å². The molecular formula is C15H21NO2. The lowest BCUT2D eigenvalue weighted by Gasteiger charge is -2.42. The lowest BCUT2D eigenvalue weighted by atomic mass is 9.87. The van der Waals surface area contributed by atoms with Crippen molar-refractivity contribution in [1.82, 2.24) is 4.90 Å². The van der Waals surface area contributed by atoms with E-state index in [1.54, 1.807) is 0 Å². The quantitative estimate of drug-likeness (QED) is 0.889. The Kier molecular flexibility index (Phi) is 3.71. The van der Waals surface area contributed by atoms with Crippen molar-refractivity contribution in [1.29, 1.82) is 0 Å². The van der Waals surface area contributed by atoms with Crippen LogP contribution >= 0.6 is 0 Å². The predicted octanol–water partition coefficient (Wildman–Crippen LogP) is 2.69. The Morgan fingerprint density at radius 2 is 1.89 bits per heavy atom. The molecule has 0 aromatic heterocycles. The monoisotopic (exact) mass is 247 g/mol. The molecule has 2 rings (SSSR count). The first-order valence-electron chi connectivity index (χ1n) is 6.69. The second-order valence-corrected chi connectivity index (χ2v) is 4.98. The summed E-state index contributed by atoms with van der Waals surface area (Å²) in [5.74, 6) is -0.688. The number of carboxylic acids is 1. The molecule has 0 fully saturated rings. The van der Waals surface area contributed by atoms with Gasteiger partial charge in [-0.25, -0.2) is 0 Å². The average Bonchev–Trinajstić information content (AvgIpc) is 2.40. The van der Waals surface area contributed by atoms with Crippen molar-refractivity contribution in [3.05, 3.63) is 35.4 Å². The van der Waals surface area contributed by atoms with Crippen LogP contribution in [0.5, 0.6) is 0 Å². The molecule has 1 aromatic carbocycles. The summed E-state index contributed by atoms with van der Waals surface area (Å²) in [7, 11) is 0. The second-order valence-electron chi connectivity index (χ2n) is 4.98. The van der Waals surface area contributed by atoms with E-state index in [0.717, 1.165) is 19.5 Å². The fourth-order valence-corrected chi connectivity index (χ4v) is 3.00. The summed E-state index contributed by atoms with van der Waals surface area (Å²) in [5.41, 5.74) is 1.93. The largest absolute Gasteiger partial charge is 0.480 e. The second kappa shape index (κ2) is 5.11. The number of hydrogen-bond acceptors (Lipinski definition) is 2. The van der Waals surface area contributed by atoms with Gasteiger partial charge in [0.05, 0.1) is 0 Å². The summed E-state index contributed by atoms with van der Waals surface area (Å²) in [6.07, 6.45) is 2.26. The molecule has 0 aliphatic carbocycles. The van der Waals surface area contributed by atoms with Crippen LogP contribution in [0.3, 0.4) is 0 Å². The Morgan fingerprint density at radius 1 is 1.28 bits per heavy atom. The number of benzene rings is 1. The van der Waals surface area contributed by atoms with Crippen LogP contribution in [0.4, 0.5) is 0 Å². The van der Waals surface area contributed by atoms with E-state index in [-0.39, 0.29) is 0 Å². The highest BCUT2D eigenvalue weighted by molar-refractivity contribution is 5.78. The van der Waals surface area contributed by atoms with Gasteiger partial charge in [0.2, 0.25) is 0 Å². The third-order valence-corrected chi connectivity index (χ3v) is 4.30. The van der Waals surface area contributed by atoms with Crippen LogP contribution < -0.4 is 0 Å². The first-order chi connectivity index (χ1) is 8.64. The molecule has 98 valence electrons. The minimum Gasteiger partial charge on any atom is -0.480 e. The average molecular weight is 247 g/mol. The number of nitrogens with zero attached hydrogens (tertiary/aromatic N) is 1. The molecule has 0 atom stereocenters. The van der Waals surface area contributed by atoms with Crippen molar-refractivity contribution >= 4 is 5.97 Å². The van der Waals surface area contributed by atoms with E-state index < -0.39 is 11.5 Å². The van der Waals surface area contributed by atoms with Crippen molar-refractivity contribution in [2.75, 3.05) is 6.54 Å². The summed E-state index contributed by atoms with van der Waals surface area (Å²) in [4.78, 5) is 13.8. The lowest BCUT2D eigenvalue weighted by molar-refractivity contribution is -0.153. The zero-order chi connectivity index (χ0) is 13.2. The maximum absolute atomic E-state index is 11.7. The van der Waals surface area contributed by atoms with Gasteiger partial charge in [-0.1, -0.05) is 38.1 Å². The maximum atomic E-state index is 11.7. The summed E-state index contributed by atoms with van der Waals surface area (Å²) in [6.45, 7) is 5.53. The number of rotatable bonds is 4. The molecule has 18 heavy (non-hydrogen) atoms. The van der Waals surface area contributed by atoms with Gasteiger partial charge < -0.3 is 5.11 Å². The maximum Gasteiger partial charge on any atom is 0.324 e. The van der Waals surface area contributed by atoms with Gasteiger partial charge in [-0.05, 0) is 30.4 Å². The van der Waals surface area contributed by atoms with Crippen molar-refractivity contribution in [3.8, 4) is 0 Å². The first kappa shape index (κ1) is 13.1. The van der Waals surface area contributed by atoms with Gasteiger partial charge in [0, 0.05) is 13.1 Å². The van der Waals surface area contributed by atoms with Gasteiger partial charge >= 0.3 is 5.97 Å². The molecule has 1 N–H and O–H groups in total. The smallest absolute Gasteiger partial charge is 0.324 e. The molecule has 0 saturated heterocycles. The molecule has 1 heterocycles.